The molecule has 0 aliphatic heterocycles. The Kier molecular flexibility index (Phi) is 3.96. The van der Waals surface area contributed by atoms with Crippen LogP contribution >= 0.6 is 0 Å². The summed E-state index contributed by atoms with van der Waals surface area (Å²) in [6, 6.07) is 8.78. The summed E-state index contributed by atoms with van der Waals surface area (Å²) >= 11 is 0. The van der Waals surface area contributed by atoms with Crippen LogP contribution in [0.3, 0.4) is 0 Å². The van der Waals surface area contributed by atoms with E-state index in [0.29, 0.717) is 5.82 Å². The van der Waals surface area contributed by atoms with Crippen molar-refractivity contribution in [1.82, 2.24) is 10.1 Å². The number of hydrogen-bond donors (Lipinski definition) is 1. The van der Waals surface area contributed by atoms with Gasteiger partial charge in [-0.1, -0.05) is 35.5 Å². The summed E-state index contributed by atoms with van der Waals surface area (Å²) in [5, 5.41) is 3.84. The maximum atomic E-state index is 11.1. The van der Waals surface area contributed by atoms with Crippen molar-refractivity contribution in [2.24, 2.45) is 5.73 Å². The topological polar surface area (TPSA) is 99.1 Å². The number of benzene rings is 1. The van der Waals surface area contributed by atoms with Crippen LogP contribution in [-0.2, 0) is 9.84 Å². The van der Waals surface area contributed by atoms with Gasteiger partial charge in [0.2, 0.25) is 11.7 Å². The molecule has 1 unspecified atom stereocenters. The molecular formula is C12H15N3O3S. The Labute approximate surface area is 111 Å². The lowest BCUT2D eigenvalue weighted by atomic mass is 10.2. The average Bonchev–Trinajstić information content (AvgIpc) is 2.86. The molecule has 2 N–H and O–H groups in total. The zero-order valence-corrected chi connectivity index (χ0v) is 11.3. The first-order valence-electron chi connectivity index (χ1n) is 5.78. The fourth-order valence-electron chi connectivity index (χ4n) is 1.55. The van der Waals surface area contributed by atoms with E-state index in [-0.39, 0.29) is 18.1 Å². The lowest BCUT2D eigenvalue weighted by molar-refractivity contribution is 0.352. The van der Waals surface area contributed by atoms with Crippen molar-refractivity contribution in [2.45, 2.75) is 12.5 Å². The Morgan fingerprint density at radius 2 is 2.00 bits per heavy atom. The monoisotopic (exact) mass is 281 g/mol. The second kappa shape index (κ2) is 5.50. The van der Waals surface area contributed by atoms with Crippen LogP contribution in [-0.4, -0.2) is 30.6 Å². The van der Waals surface area contributed by atoms with Crippen molar-refractivity contribution in [3.8, 4) is 11.4 Å². The Hall–Kier alpha value is -1.73. The van der Waals surface area contributed by atoms with Crippen LogP contribution < -0.4 is 5.73 Å². The Morgan fingerprint density at radius 3 is 2.63 bits per heavy atom. The Balaban J connectivity index is 2.09. The summed E-state index contributed by atoms with van der Waals surface area (Å²) in [6.07, 6.45) is 1.43. The molecule has 1 aromatic carbocycles. The van der Waals surface area contributed by atoms with Gasteiger partial charge < -0.3 is 10.3 Å². The van der Waals surface area contributed by atoms with Gasteiger partial charge in [0.05, 0.1) is 11.8 Å². The van der Waals surface area contributed by atoms with E-state index in [1.165, 1.54) is 6.26 Å². The summed E-state index contributed by atoms with van der Waals surface area (Å²) in [5.41, 5.74) is 6.66. The summed E-state index contributed by atoms with van der Waals surface area (Å²) in [5.74, 6) is 0.699. The molecule has 0 amide bonds. The van der Waals surface area contributed by atoms with Crippen molar-refractivity contribution < 1.29 is 12.9 Å². The zero-order chi connectivity index (χ0) is 13.9. The molecule has 0 aliphatic rings. The summed E-state index contributed by atoms with van der Waals surface area (Å²) in [4.78, 5) is 4.18. The van der Waals surface area contributed by atoms with Crippen LogP contribution in [0.15, 0.2) is 34.9 Å². The molecule has 0 bridgehead atoms. The molecule has 0 spiro atoms. The summed E-state index contributed by atoms with van der Waals surface area (Å²) in [7, 11) is -3.04. The number of rotatable bonds is 5. The van der Waals surface area contributed by atoms with E-state index in [2.05, 4.69) is 10.1 Å². The largest absolute Gasteiger partial charge is 0.337 e. The smallest absolute Gasteiger partial charge is 0.243 e. The minimum absolute atomic E-state index is 0.00276. The Bertz CT molecular complexity index is 637. The maximum Gasteiger partial charge on any atom is 0.243 e. The van der Waals surface area contributed by atoms with E-state index in [4.69, 9.17) is 10.3 Å². The van der Waals surface area contributed by atoms with Crippen molar-refractivity contribution in [3.05, 3.63) is 36.2 Å². The quantitative estimate of drug-likeness (QED) is 0.883. The summed E-state index contributed by atoms with van der Waals surface area (Å²) < 4.78 is 27.2. The van der Waals surface area contributed by atoms with Crippen LogP contribution in [0.4, 0.5) is 0 Å². The molecular weight excluding hydrogens is 266 g/mol. The molecule has 0 saturated heterocycles. The second-order valence-corrected chi connectivity index (χ2v) is 6.61. The zero-order valence-electron chi connectivity index (χ0n) is 10.5. The molecule has 0 saturated carbocycles. The molecule has 0 aliphatic carbocycles. The molecule has 7 heteroatoms. The van der Waals surface area contributed by atoms with Crippen LogP contribution in [0.2, 0.25) is 0 Å². The molecule has 0 fully saturated rings. The number of aromatic nitrogens is 2. The average molecular weight is 281 g/mol. The first-order valence-corrected chi connectivity index (χ1v) is 7.84. The SMILES string of the molecule is CS(=O)(=O)CCC(N)c1nc(-c2ccccc2)no1. The van der Waals surface area contributed by atoms with E-state index in [1.807, 2.05) is 30.3 Å². The molecule has 6 nitrogen and oxygen atoms in total. The van der Waals surface area contributed by atoms with Gasteiger partial charge in [-0.3, -0.25) is 0 Å². The van der Waals surface area contributed by atoms with E-state index >= 15 is 0 Å². The van der Waals surface area contributed by atoms with Gasteiger partial charge in [0.25, 0.3) is 0 Å². The molecule has 1 atom stereocenters. The fraction of sp³-hybridized carbons (Fsp3) is 0.333. The predicted molar refractivity (Wildman–Crippen MR) is 71.0 cm³/mol. The normalized spacial score (nSPS) is 13.4. The van der Waals surface area contributed by atoms with Crippen LogP contribution in [0.25, 0.3) is 11.4 Å². The van der Waals surface area contributed by atoms with Gasteiger partial charge in [0.15, 0.2) is 0 Å². The highest BCUT2D eigenvalue weighted by atomic mass is 32.2. The van der Waals surface area contributed by atoms with Gasteiger partial charge in [0.1, 0.15) is 9.84 Å². The number of sulfone groups is 1. The third-order valence-corrected chi connectivity index (χ3v) is 3.57. The maximum absolute atomic E-state index is 11.1. The van der Waals surface area contributed by atoms with Crippen molar-refractivity contribution >= 4 is 9.84 Å². The van der Waals surface area contributed by atoms with E-state index in [0.717, 1.165) is 5.56 Å². The molecule has 102 valence electrons. The van der Waals surface area contributed by atoms with Crippen molar-refractivity contribution in [3.63, 3.8) is 0 Å². The highest BCUT2D eigenvalue weighted by Gasteiger charge is 2.17. The van der Waals surface area contributed by atoms with Gasteiger partial charge >= 0.3 is 0 Å². The van der Waals surface area contributed by atoms with Crippen molar-refractivity contribution in [2.75, 3.05) is 12.0 Å². The molecule has 2 aromatic rings. The number of nitrogens with two attached hydrogens (primary N) is 1. The summed E-state index contributed by atoms with van der Waals surface area (Å²) in [6.45, 7) is 0. The van der Waals surface area contributed by atoms with Crippen LogP contribution in [0.1, 0.15) is 18.4 Å². The molecule has 1 aromatic heterocycles. The van der Waals surface area contributed by atoms with Gasteiger partial charge in [-0.2, -0.15) is 4.98 Å². The first kappa shape index (κ1) is 13.7. The second-order valence-electron chi connectivity index (χ2n) is 4.35. The minimum atomic E-state index is -3.04. The van der Waals surface area contributed by atoms with Crippen molar-refractivity contribution in [1.29, 1.82) is 0 Å². The first-order chi connectivity index (χ1) is 8.96. The minimum Gasteiger partial charge on any atom is -0.337 e. The number of hydrogen-bond acceptors (Lipinski definition) is 6. The highest BCUT2D eigenvalue weighted by Crippen LogP contribution is 2.19. The van der Waals surface area contributed by atoms with Gasteiger partial charge in [0, 0.05) is 11.8 Å². The van der Waals surface area contributed by atoms with Crippen LogP contribution in [0, 0.1) is 0 Å². The predicted octanol–water partition coefficient (Wildman–Crippen LogP) is 1.17. The van der Waals surface area contributed by atoms with E-state index < -0.39 is 15.9 Å². The molecule has 19 heavy (non-hydrogen) atoms. The number of nitrogens with zero attached hydrogens (tertiary/aromatic N) is 2. The third-order valence-electron chi connectivity index (χ3n) is 2.59. The fourth-order valence-corrected chi connectivity index (χ4v) is 2.24. The Morgan fingerprint density at radius 1 is 1.32 bits per heavy atom. The van der Waals surface area contributed by atoms with E-state index in [1.54, 1.807) is 0 Å². The lowest BCUT2D eigenvalue weighted by Gasteiger charge is -2.04. The van der Waals surface area contributed by atoms with Gasteiger partial charge in [-0.05, 0) is 6.42 Å². The van der Waals surface area contributed by atoms with E-state index in [9.17, 15) is 8.42 Å². The van der Waals surface area contributed by atoms with Crippen LogP contribution in [0.5, 0.6) is 0 Å². The standard InChI is InChI=1S/C12H15N3O3S/c1-19(16,17)8-7-10(13)12-14-11(15-18-12)9-5-3-2-4-6-9/h2-6,10H,7-8,13H2,1H3. The molecule has 1 heterocycles. The van der Waals surface area contributed by atoms with Gasteiger partial charge in [-0.25, -0.2) is 8.42 Å². The molecule has 0 radical (unpaired) electrons. The highest BCUT2D eigenvalue weighted by molar-refractivity contribution is 7.90. The molecule has 2 rings (SSSR count). The third kappa shape index (κ3) is 3.87. The lowest BCUT2D eigenvalue weighted by Crippen LogP contribution is -2.16. The van der Waals surface area contributed by atoms with Gasteiger partial charge in [-0.15, -0.1) is 0 Å².